The quantitative estimate of drug-likeness (QED) is 0.766. The molecule has 0 radical (unpaired) electrons. The Balaban J connectivity index is 2.75. The van der Waals surface area contributed by atoms with Crippen LogP contribution in [0.4, 0.5) is 18.9 Å². The van der Waals surface area contributed by atoms with Crippen molar-refractivity contribution in [3.63, 3.8) is 0 Å². The summed E-state index contributed by atoms with van der Waals surface area (Å²) in [6, 6.07) is 3.01. The van der Waals surface area contributed by atoms with Crippen LogP contribution >= 0.6 is 15.9 Å². The number of amides is 2. The van der Waals surface area contributed by atoms with E-state index in [0.29, 0.717) is 0 Å². The molecule has 0 atom stereocenters. The van der Waals surface area contributed by atoms with Crippen LogP contribution in [-0.4, -0.2) is 24.9 Å². The summed E-state index contributed by atoms with van der Waals surface area (Å²) in [5, 5.41) is 4.45. The summed E-state index contributed by atoms with van der Waals surface area (Å²) in [5.41, 5.74) is 4.10. The molecule has 20 heavy (non-hydrogen) atoms. The number of hydrogen-bond donors (Lipinski definition) is 3. The zero-order valence-electron chi connectivity index (χ0n) is 10.1. The normalized spacial score (nSPS) is 11.1. The number of alkyl halides is 3. The van der Waals surface area contributed by atoms with Crippen molar-refractivity contribution in [3.8, 4) is 0 Å². The molecule has 0 aliphatic heterocycles. The van der Waals surface area contributed by atoms with Crippen LogP contribution in [0.5, 0.6) is 0 Å². The Bertz CT molecular complexity index is 520. The van der Waals surface area contributed by atoms with Crippen molar-refractivity contribution < 1.29 is 22.8 Å². The summed E-state index contributed by atoms with van der Waals surface area (Å²) in [5.74, 6) is -1.19. The van der Waals surface area contributed by atoms with Crippen molar-refractivity contribution in [2.45, 2.75) is 6.18 Å². The molecule has 110 valence electrons. The first-order valence-corrected chi connectivity index (χ1v) is 6.16. The molecule has 0 aromatic heterocycles. The summed E-state index contributed by atoms with van der Waals surface area (Å²) >= 11 is 2.93. The van der Waals surface area contributed by atoms with E-state index in [4.69, 9.17) is 5.73 Å². The number of carbonyl (C=O) groups excluding carboxylic acids is 2. The zero-order valence-corrected chi connectivity index (χ0v) is 11.6. The van der Waals surface area contributed by atoms with Gasteiger partial charge in [0.15, 0.2) is 0 Å². The van der Waals surface area contributed by atoms with E-state index in [0.717, 1.165) is 12.1 Å². The van der Waals surface area contributed by atoms with Crippen molar-refractivity contribution in [1.29, 1.82) is 0 Å². The number of carbonyl (C=O) groups is 2. The van der Waals surface area contributed by atoms with Crippen molar-refractivity contribution in [2.24, 2.45) is 5.73 Å². The molecule has 2 amide bonds. The van der Waals surface area contributed by atoms with Crippen LogP contribution in [0.25, 0.3) is 0 Å². The van der Waals surface area contributed by atoms with E-state index in [9.17, 15) is 22.8 Å². The first kappa shape index (κ1) is 16.4. The summed E-state index contributed by atoms with van der Waals surface area (Å²) in [6.45, 7) is -0.647. The molecule has 0 saturated carbocycles. The number of anilines is 1. The lowest BCUT2D eigenvalue weighted by Crippen LogP contribution is -2.36. The number of benzene rings is 1. The molecule has 1 aromatic carbocycles. The highest BCUT2D eigenvalue weighted by Crippen LogP contribution is 2.33. The molecule has 1 aromatic rings. The Morgan fingerprint density at radius 1 is 1.20 bits per heavy atom. The van der Waals surface area contributed by atoms with Gasteiger partial charge in [0.1, 0.15) is 0 Å². The molecule has 0 saturated heterocycles. The molecule has 5 nitrogen and oxygen atoms in total. The maximum Gasteiger partial charge on any atom is 0.416 e. The predicted molar refractivity (Wildman–Crippen MR) is 69.8 cm³/mol. The summed E-state index contributed by atoms with van der Waals surface area (Å²) < 4.78 is 37.9. The highest BCUT2D eigenvalue weighted by atomic mass is 79.9. The van der Waals surface area contributed by atoms with E-state index in [-0.39, 0.29) is 23.2 Å². The lowest BCUT2D eigenvalue weighted by Gasteiger charge is -2.11. The molecule has 0 unspecified atom stereocenters. The Morgan fingerprint density at radius 2 is 1.85 bits per heavy atom. The van der Waals surface area contributed by atoms with Crippen LogP contribution in [0.15, 0.2) is 22.7 Å². The van der Waals surface area contributed by atoms with Gasteiger partial charge in [-0.25, -0.2) is 0 Å². The Kier molecular flexibility index (Phi) is 5.52. The van der Waals surface area contributed by atoms with E-state index in [1.54, 1.807) is 0 Å². The third-order valence-corrected chi connectivity index (χ3v) is 2.60. The number of nitrogens with one attached hydrogen (secondary N) is 2. The summed E-state index contributed by atoms with van der Waals surface area (Å²) in [6.07, 6.45) is -4.52. The van der Waals surface area contributed by atoms with Gasteiger partial charge in [0.05, 0.1) is 18.7 Å². The average Bonchev–Trinajstić information content (AvgIpc) is 2.34. The third-order valence-electron chi connectivity index (χ3n) is 2.14. The minimum atomic E-state index is -4.52. The van der Waals surface area contributed by atoms with Gasteiger partial charge in [-0.1, -0.05) is 15.9 Å². The van der Waals surface area contributed by atoms with Gasteiger partial charge in [-0.2, -0.15) is 13.2 Å². The van der Waals surface area contributed by atoms with Crippen LogP contribution in [0, 0.1) is 0 Å². The molecule has 0 bridgehead atoms. The fourth-order valence-corrected chi connectivity index (χ4v) is 1.77. The second kappa shape index (κ2) is 6.71. The van der Waals surface area contributed by atoms with Gasteiger partial charge in [0.2, 0.25) is 11.8 Å². The molecular weight excluding hydrogens is 343 g/mol. The predicted octanol–water partition coefficient (Wildman–Crippen LogP) is 1.48. The van der Waals surface area contributed by atoms with Crippen molar-refractivity contribution in [3.05, 3.63) is 28.2 Å². The van der Waals surface area contributed by atoms with Crippen LogP contribution in [0.2, 0.25) is 0 Å². The summed E-state index contributed by atoms with van der Waals surface area (Å²) in [7, 11) is 0. The maximum absolute atomic E-state index is 12.6. The molecule has 4 N–H and O–H groups in total. The molecule has 9 heteroatoms. The van der Waals surface area contributed by atoms with Crippen LogP contribution in [0.1, 0.15) is 5.56 Å². The van der Waals surface area contributed by atoms with E-state index >= 15 is 0 Å². The number of halogens is 4. The molecule has 0 fully saturated rings. The second-order valence-electron chi connectivity index (χ2n) is 3.76. The zero-order chi connectivity index (χ0) is 15.3. The van der Waals surface area contributed by atoms with Crippen molar-refractivity contribution in [2.75, 3.05) is 18.4 Å². The molecule has 0 heterocycles. The number of rotatable bonds is 4. The highest BCUT2D eigenvalue weighted by molar-refractivity contribution is 9.10. The third kappa shape index (κ3) is 5.17. The monoisotopic (exact) mass is 353 g/mol. The summed E-state index contributed by atoms with van der Waals surface area (Å²) in [4.78, 5) is 22.3. The van der Waals surface area contributed by atoms with Gasteiger partial charge in [-0.3, -0.25) is 9.59 Å². The Morgan fingerprint density at radius 3 is 2.40 bits per heavy atom. The van der Waals surface area contributed by atoms with Crippen LogP contribution < -0.4 is 16.4 Å². The fourth-order valence-electron chi connectivity index (χ4n) is 1.28. The SMILES string of the molecule is NCC(=O)NCC(=O)Nc1cc(Br)cc(C(F)(F)F)c1. The van der Waals surface area contributed by atoms with E-state index in [2.05, 4.69) is 26.6 Å². The second-order valence-corrected chi connectivity index (χ2v) is 4.67. The first-order chi connectivity index (χ1) is 9.22. The smallest absolute Gasteiger partial charge is 0.346 e. The minimum absolute atomic E-state index is 0.0290. The van der Waals surface area contributed by atoms with Gasteiger partial charge in [0, 0.05) is 10.2 Å². The largest absolute Gasteiger partial charge is 0.416 e. The van der Waals surface area contributed by atoms with Gasteiger partial charge in [0.25, 0.3) is 0 Å². The topological polar surface area (TPSA) is 84.2 Å². The van der Waals surface area contributed by atoms with Gasteiger partial charge >= 0.3 is 6.18 Å². The minimum Gasteiger partial charge on any atom is -0.346 e. The lowest BCUT2D eigenvalue weighted by molar-refractivity contribution is -0.137. The number of nitrogens with two attached hydrogens (primary N) is 1. The van der Waals surface area contributed by atoms with Gasteiger partial charge < -0.3 is 16.4 Å². The fraction of sp³-hybridized carbons (Fsp3) is 0.273. The lowest BCUT2D eigenvalue weighted by atomic mass is 10.2. The van der Waals surface area contributed by atoms with Gasteiger partial charge in [-0.15, -0.1) is 0 Å². The molecule has 1 rings (SSSR count). The standard InChI is InChI=1S/C11H11BrF3N3O2/c12-7-1-6(11(13,14)15)2-8(3-7)18-10(20)5-17-9(19)4-16/h1-3H,4-5,16H2,(H,17,19)(H,18,20). The van der Waals surface area contributed by atoms with Crippen molar-refractivity contribution >= 4 is 33.4 Å². The number of hydrogen-bond acceptors (Lipinski definition) is 3. The first-order valence-electron chi connectivity index (χ1n) is 5.37. The van der Waals surface area contributed by atoms with Gasteiger partial charge in [-0.05, 0) is 18.2 Å². The highest BCUT2D eigenvalue weighted by Gasteiger charge is 2.31. The molecule has 0 aliphatic carbocycles. The molecule has 0 spiro atoms. The van der Waals surface area contributed by atoms with E-state index in [1.807, 2.05) is 0 Å². The Hall–Kier alpha value is -1.61. The van der Waals surface area contributed by atoms with E-state index in [1.165, 1.54) is 6.07 Å². The molecule has 0 aliphatic rings. The average molecular weight is 354 g/mol. The van der Waals surface area contributed by atoms with Crippen molar-refractivity contribution in [1.82, 2.24) is 5.32 Å². The van der Waals surface area contributed by atoms with Crippen LogP contribution in [0.3, 0.4) is 0 Å². The molecular formula is C11H11BrF3N3O2. The van der Waals surface area contributed by atoms with Crippen LogP contribution in [-0.2, 0) is 15.8 Å². The maximum atomic E-state index is 12.6. The Labute approximate surface area is 120 Å². The van der Waals surface area contributed by atoms with E-state index < -0.39 is 23.6 Å².